The van der Waals surface area contributed by atoms with Gasteiger partial charge >= 0.3 is 0 Å². The van der Waals surface area contributed by atoms with Crippen LogP contribution in [-0.4, -0.2) is 41.4 Å². The molecule has 86 valence electrons. The molecular weight excluding hydrogens is 204 g/mol. The fourth-order valence-corrected chi connectivity index (χ4v) is 1.63. The van der Waals surface area contributed by atoms with Crippen LogP contribution in [0.15, 0.2) is 30.3 Å². The van der Waals surface area contributed by atoms with Crippen LogP contribution in [0.25, 0.3) is 0 Å². The van der Waals surface area contributed by atoms with Gasteiger partial charge in [0.2, 0.25) is 0 Å². The SMILES string of the molecule is N#C[C@@H](c1ccccc1)N(CCO)CCO. The Balaban J connectivity index is 2.83. The molecule has 0 heterocycles. The van der Waals surface area contributed by atoms with Gasteiger partial charge in [0.05, 0.1) is 19.3 Å². The lowest BCUT2D eigenvalue weighted by atomic mass is 10.1. The van der Waals surface area contributed by atoms with Gasteiger partial charge in [0.15, 0.2) is 0 Å². The van der Waals surface area contributed by atoms with E-state index < -0.39 is 6.04 Å². The van der Waals surface area contributed by atoms with Crippen molar-refractivity contribution in [2.75, 3.05) is 26.3 Å². The van der Waals surface area contributed by atoms with E-state index in [4.69, 9.17) is 15.5 Å². The van der Waals surface area contributed by atoms with Gasteiger partial charge in [-0.15, -0.1) is 0 Å². The molecule has 4 nitrogen and oxygen atoms in total. The summed E-state index contributed by atoms with van der Waals surface area (Å²) in [7, 11) is 0. The van der Waals surface area contributed by atoms with Crippen LogP contribution in [0.3, 0.4) is 0 Å². The minimum absolute atomic E-state index is 0.0228. The fraction of sp³-hybridized carbons (Fsp3) is 0.417. The maximum absolute atomic E-state index is 9.15. The first-order valence-corrected chi connectivity index (χ1v) is 5.23. The minimum atomic E-state index is -0.416. The molecule has 0 spiro atoms. The first kappa shape index (κ1) is 12.7. The summed E-state index contributed by atoms with van der Waals surface area (Å²) < 4.78 is 0. The third-order valence-corrected chi connectivity index (χ3v) is 2.38. The summed E-state index contributed by atoms with van der Waals surface area (Å²) in [5.41, 5.74) is 0.881. The molecule has 1 aromatic carbocycles. The fourth-order valence-electron chi connectivity index (χ4n) is 1.63. The summed E-state index contributed by atoms with van der Waals surface area (Å²) in [5, 5.41) is 27.0. The van der Waals surface area contributed by atoms with E-state index in [0.29, 0.717) is 13.1 Å². The molecule has 16 heavy (non-hydrogen) atoms. The van der Waals surface area contributed by atoms with Crippen LogP contribution in [0.1, 0.15) is 11.6 Å². The standard InChI is InChI=1S/C12H16N2O2/c13-10-12(11-4-2-1-3-5-11)14(6-8-15)7-9-16/h1-5,12,15-16H,6-9H2/t12-/m0/s1. The highest BCUT2D eigenvalue weighted by Gasteiger charge is 2.18. The van der Waals surface area contributed by atoms with Crippen LogP contribution in [0.2, 0.25) is 0 Å². The number of hydrogen-bond donors (Lipinski definition) is 2. The number of hydrogen-bond acceptors (Lipinski definition) is 4. The molecular formula is C12H16N2O2. The van der Waals surface area contributed by atoms with Crippen LogP contribution in [0.4, 0.5) is 0 Å². The average molecular weight is 220 g/mol. The Morgan fingerprint density at radius 3 is 2.12 bits per heavy atom. The van der Waals surface area contributed by atoms with E-state index in [2.05, 4.69) is 6.07 Å². The van der Waals surface area contributed by atoms with Crippen molar-refractivity contribution in [3.05, 3.63) is 35.9 Å². The van der Waals surface area contributed by atoms with Crippen molar-refractivity contribution in [3.63, 3.8) is 0 Å². The normalized spacial score (nSPS) is 12.4. The molecule has 4 heteroatoms. The van der Waals surface area contributed by atoms with E-state index >= 15 is 0 Å². The van der Waals surface area contributed by atoms with Crippen molar-refractivity contribution in [3.8, 4) is 6.07 Å². The molecule has 0 aromatic heterocycles. The molecule has 0 unspecified atom stereocenters. The Kier molecular flexibility index (Phi) is 5.51. The second-order valence-corrected chi connectivity index (χ2v) is 3.43. The zero-order chi connectivity index (χ0) is 11.8. The maximum Gasteiger partial charge on any atom is 0.124 e. The second kappa shape index (κ2) is 6.96. The highest BCUT2D eigenvalue weighted by atomic mass is 16.3. The molecule has 1 aromatic rings. The molecule has 0 bridgehead atoms. The lowest BCUT2D eigenvalue weighted by Crippen LogP contribution is -2.33. The zero-order valence-electron chi connectivity index (χ0n) is 9.08. The Bertz CT molecular complexity index is 329. The first-order chi connectivity index (χ1) is 7.83. The molecule has 0 aliphatic heterocycles. The van der Waals surface area contributed by atoms with E-state index in [-0.39, 0.29) is 13.2 Å². The number of aliphatic hydroxyl groups is 2. The molecule has 0 saturated carbocycles. The molecule has 1 rings (SSSR count). The van der Waals surface area contributed by atoms with Gasteiger partial charge in [-0.05, 0) is 5.56 Å². The number of aliphatic hydroxyl groups excluding tert-OH is 2. The summed E-state index contributed by atoms with van der Waals surface area (Å²) in [6, 6.07) is 11.1. The maximum atomic E-state index is 9.15. The Hall–Kier alpha value is -1.41. The van der Waals surface area contributed by atoms with Crippen LogP contribution in [0.5, 0.6) is 0 Å². The number of benzene rings is 1. The molecule has 0 aliphatic rings. The van der Waals surface area contributed by atoms with E-state index in [0.717, 1.165) is 5.56 Å². The summed E-state index contributed by atoms with van der Waals surface area (Å²) >= 11 is 0. The highest BCUT2D eigenvalue weighted by Crippen LogP contribution is 2.18. The Labute approximate surface area is 95.4 Å². The first-order valence-electron chi connectivity index (χ1n) is 5.23. The third kappa shape index (κ3) is 3.31. The lowest BCUT2D eigenvalue weighted by molar-refractivity contribution is 0.142. The molecule has 0 amide bonds. The van der Waals surface area contributed by atoms with Crippen molar-refractivity contribution < 1.29 is 10.2 Å². The van der Waals surface area contributed by atoms with Crippen molar-refractivity contribution in [1.82, 2.24) is 4.90 Å². The van der Waals surface area contributed by atoms with Crippen molar-refractivity contribution >= 4 is 0 Å². The van der Waals surface area contributed by atoms with Crippen LogP contribution in [0, 0.1) is 11.3 Å². The predicted octanol–water partition coefficient (Wildman–Crippen LogP) is 0.538. The number of rotatable bonds is 6. The quantitative estimate of drug-likeness (QED) is 0.734. The largest absolute Gasteiger partial charge is 0.395 e. The molecule has 0 saturated heterocycles. The predicted molar refractivity (Wildman–Crippen MR) is 60.5 cm³/mol. The van der Waals surface area contributed by atoms with E-state index in [1.807, 2.05) is 30.3 Å². The van der Waals surface area contributed by atoms with Gasteiger partial charge in [-0.3, -0.25) is 4.90 Å². The summed E-state index contributed by atoms with van der Waals surface area (Å²) in [6.45, 7) is 0.720. The topological polar surface area (TPSA) is 67.5 Å². The summed E-state index contributed by atoms with van der Waals surface area (Å²) in [5.74, 6) is 0. The van der Waals surface area contributed by atoms with Crippen LogP contribution in [-0.2, 0) is 0 Å². The second-order valence-electron chi connectivity index (χ2n) is 3.43. The van der Waals surface area contributed by atoms with E-state index in [9.17, 15) is 0 Å². The van der Waals surface area contributed by atoms with Gasteiger partial charge in [-0.2, -0.15) is 5.26 Å². The summed E-state index contributed by atoms with van der Waals surface area (Å²) in [4.78, 5) is 1.76. The average Bonchev–Trinajstić information content (AvgIpc) is 2.32. The van der Waals surface area contributed by atoms with Crippen molar-refractivity contribution in [2.45, 2.75) is 6.04 Å². The van der Waals surface area contributed by atoms with E-state index in [1.54, 1.807) is 4.90 Å². The molecule has 0 aliphatic carbocycles. The van der Waals surface area contributed by atoms with Gasteiger partial charge in [0, 0.05) is 13.1 Å². The highest BCUT2D eigenvalue weighted by molar-refractivity contribution is 5.24. The smallest absolute Gasteiger partial charge is 0.124 e. The van der Waals surface area contributed by atoms with Gasteiger partial charge in [-0.25, -0.2) is 0 Å². The molecule has 2 N–H and O–H groups in total. The molecule has 0 fully saturated rings. The molecule has 1 atom stereocenters. The summed E-state index contributed by atoms with van der Waals surface area (Å²) in [6.07, 6.45) is 0. The Morgan fingerprint density at radius 2 is 1.69 bits per heavy atom. The van der Waals surface area contributed by atoms with Gasteiger partial charge in [-0.1, -0.05) is 30.3 Å². The van der Waals surface area contributed by atoms with E-state index in [1.165, 1.54) is 0 Å². The van der Waals surface area contributed by atoms with Crippen molar-refractivity contribution in [2.24, 2.45) is 0 Å². The van der Waals surface area contributed by atoms with Gasteiger partial charge < -0.3 is 10.2 Å². The third-order valence-electron chi connectivity index (χ3n) is 2.38. The van der Waals surface area contributed by atoms with Gasteiger partial charge in [0.25, 0.3) is 0 Å². The zero-order valence-corrected chi connectivity index (χ0v) is 9.08. The van der Waals surface area contributed by atoms with Crippen LogP contribution >= 0.6 is 0 Å². The number of nitriles is 1. The van der Waals surface area contributed by atoms with Crippen molar-refractivity contribution in [1.29, 1.82) is 5.26 Å². The minimum Gasteiger partial charge on any atom is -0.395 e. The lowest BCUT2D eigenvalue weighted by Gasteiger charge is -2.25. The Morgan fingerprint density at radius 1 is 1.12 bits per heavy atom. The molecule has 0 radical (unpaired) electrons. The number of nitrogens with zero attached hydrogens (tertiary/aromatic N) is 2. The monoisotopic (exact) mass is 220 g/mol. The van der Waals surface area contributed by atoms with Gasteiger partial charge in [0.1, 0.15) is 6.04 Å². The van der Waals surface area contributed by atoms with Crippen LogP contribution < -0.4 is 0 Å².